The van der Waals surface area contributed by atoms with Crippen LogP contribution in [-0.2, 0) is 20.9 Å². The van der Waals surface area contributed by atoms with Gasteiger partial charge in [-0.1, -0.05) is 12.1 Å². The number of ether oxygens (including phenoxy) is 2. The van der Waals surface area contributed by atoms with E-state index in [9.17, 15) is 26.4 Å². The van der Waals surface area contributed by atoms with Crippen LogP contribution < -0.4 is 10.1 Å². The molecule has 31 heavy (non-hydrogen) atoms. The van der Waals surface area contributed by atoms with Crippen LogP contribution in [-0.4, -0.2) is 57.2 Å². The van der Waals surface area contributed by atoms with E-state index in [0.29, 0.717) is 13.2 Å². The topological polar surface area (TPSA) is 84.9 Å². The van der Waals surface area contributed by atoms with Gasteiger partial charge in [0, 0.05) is 25.2 Å². The van der Waals surface area contributed by atoms with Gasteiger partial charge >= 0.3 is 6.18 Å². The van der Waals surface area contributed by atoms with Gasteiger partial charge in [0.15, 0.2) is 0 Å². The summed E-state index contributed by atoms with van der Waals surface area (Å²) >= 11 is 0. The van der Waals surface area contributed by atoms with Crippen LogP contribution in [0.15, 0.2) is 48.5 Å². The molecule has 1 aliphatic rings. The molecular weight excluding hydrogens is 437 g/mol. The largest absolute Gasteiger partial charge is 0.457 e. The van der Waals surface area contributed by atoms with Crippen LogP contribution in [0.5, 0.6) is 11.5 Å². The van der Waals surface area contributed by atoms with Crippen molar-refractivity contribution in [1.29, 1.82) is 0 Å². The minimum Gasteiger partial charge on any atom is -0.457 e. The maximum absolute atomic E-state index is 12.8. The lowest BCUT2D eigenvalue weighted by atomic mass is 10.2. The minimum atomic E-state index is -4.50. The molecule has 0 saturated carbocycles. The minimum absolute atomic E-state index is 0.0241. The van der Waals surface area contributed by atoms with E-state index in [4.69, 9.17) is 9.47 Å². The van der Waals surface area contributed by atoms with Gasteiger partial charge in [0.05, 0.1) is 24.5 Å². The van der Waals surface area contributed by atoms with E-state index in [1.165, 1.54) is 40.7 Å². The van der Waals surface area contributed by atoms with Crippen molar-refractivity contribution < 1.29 is 35.9 Å². The van der Waals surface area contributed by atoms with Crippen molar-refractivity contribution in [3.05, 3.63) is 59.7 Å². The van der Waals surface area contributed by atoms with Crippen LogP contribution in [0, 0.1) is 0 Å². The van der Waals surface area contributed by atoms with E-state index < -0.39 is 27.7 Å². The number of alkyl halides is 3. The Morgan fingerprint density at radius 1 is 1.06 bits per heavy atom. The quantitative estimate of drug-likeness (QED) is 0.690. The molecule has 0 aliphatic carbocycles. The summed E-state index contributed by atoms with van der Waals surface area (Å²) in [6.07, 6.45) is -4.50. The number of hydrogen-bond acceptors (Lipinski definition) is 5. The Bertz CT molecular complexity index is 1020. The number of hydrogen-bond donors (Lipinski definition) is 1. The van der Waals surface area contributed by atoms with Crippen LogP contribution in [0.4, 0.5) is 13.2 Å². The second-order valence-corrected chi connectivity index (χ2v) is 8.83. The van der Waals surface area contributed by atoms with Gasteiger partial charge in [-0.3, -0.25) is 4.79 Å². The Balaban J connectivity index is 1.59. The van der Waals surface area contributed by atoms with Crippen LogP contribution in [0.3, 0.4) is 0 Å². The first-order chi connectivity index (χ1) is 14.6. The van der Waals surface area contributed by atoms with Crippen LogP contribution in [0.2, 0.25) is 0 Å². The van der Waals surface area contributed by atoms with Crippen LogP contribution >= 0.6 is 0 Å². The van der Waals surface area contributed by atoms with Crippen LogP contribution in [0.1, 0.15) is 15.9 Å². The number of nitrogens with one attached hydrogen (secondary N) is 1. The highest BCUT2D eigenvalue weighted by atomic mass is 32.2. The van der Waals surface area contributed by atoms with E-state index >= 15 is 0 Å². The van der Waals surface area contributed by atoms with Gasteiger partial charge in [-0.15, -0.1) is 0 Å². The first-order valence-electron chi connectivity index (χ1n) is 9.44. The number of morpholine rings is 1. The summed E-state index contributed by atoms with van der Waals surface area (Å²) in [5.74, 6) is -0.623. The van der Waals surface area contributed by atoms with Crippen molar-refractivity contribution in [1.82, 2.24) is 9.62 Å². The zero-order valence-corrected chi connectivity index (χ0v) is 17.2. The molecule has 168 valence electrons. The third-order valence-electron chi connectivity index (χ3n) is 4.50. The zero-order valence-electron chi connectivity index (χ0n) is 16.4. The molecule has 0 radical (unpaired) electrons. The van der Waals surface area contributed by atoms with Crippen molar-refractivity contribution in [2.24, 2.45) is 0 Å². The molecule has 11 heteroatoms. The first-order valence-corrected chi connectivity index (χ1v) is 11.0. The first kappa shape index (κ1) is 23.0. The molecule has 1 aliphatic heterocycles. The van der Waals surface area contributed by atoms with Crippen molar-refractivity contribution in [2.75, 3.05) is 38.6 Å². The lowest BCUT2D eigenvalue weighted by Crippen LogP contribution is -2.43. The van der Waals surface area contributed by atoms with Gasteiger partial charge in [-0.2, -0.15) is 17.5 Å². The maximum atomic E-state index is 12.8. The summed E-state index contributed by atoms with van der Waals surface area (Å²) in [5.41, 5.74) is -0.659. The third-order valence-corrected chi connectivity index (χ3v) is 6.37. The smallest absolute Gasteiger partial charge is 0.416 e. The number of halogens is 3. The van der Waals surface area contributed by atoms with Gasteiger partial charge in [0.1, 0.15) is 11.5 Å². The number of benzene rings is 2. The standard InChI is InChI=1S/C20H21F3N2O5S/c21-20(22,23)16-4-2-6-18(14-16)30-17-5-1-3-15(13-17)19(26)24-7-12-31(27,28)25-8-10-29-11-9-25/h1-6,13-14H,7-12H2,(H,24,26). The number of amides is 1. The maximum Gasteiger partial charge on any atom is 0.416 e. The van der Waals surface area contributed by atoms with E-state index in [1.54, 1.807) is 0 Å². The normalized spacial score (nSPS) is 15.5. The predicted molar refractivity (Wildman–Crippen MR) is 106 cm³/mol. The van der Waals surface area contributed by atoms with Gasteiger partial charge in [-0.05, 0) is 36.4 Å². The average Bonchev–Trinajstić information content (AvgIpc) is 2.74. The van der Waals surface area contributed by atoms with E-state index in [-0.39, 0.29) is 42.4 Å². The molecular formula is C20H21F3N2O5S. The molecule has 1 heterocycles. The Morgan fingerprint density at radius 2 is 1.71 bits per heavy atom. The monoisotopic (exact) mass is 458 g/mol. The summed E-state index contributed by atoms with van der Waals surface area (Å²) < 4.78 is 75.0. The van der Waals surface area contributed by atoms with Gasteiger partial charge in [0.25, 0.3) is 5.91 Å². The highest BCUT2D eigenvalue weighted by molar-refractivity contribution is 7.89. The van der Waals surface area contributed by atoms with Gasteiger partial charge in [-0.25, -0.2) is 8.42 Å². The molecule has 2 aromatic rings. The summed E-state index contributed by atoms with van der Waals surface area (Å²) in [7, 11) is -3.50. The Morgan fingerprint density at radius 3 is 2.39 bits per heavy atom. The number of sulfonamides is 1. The number of nitrogens with zero attached hydrogens (tertiary/aromatic N) is 1. The molecule has 1 saturated heterocycles. The zero-order chi connectivity index (χ0) is 22.5. The number of rotatable bonds is 7. The SMILES string of the molecule is O=C(NCCS(=O)(=O)N1CCOCC1)c1cccc(Oc2cccc(C(F)(F)F)c2)c1. The lowest BCUT2D eigenvalue weighted by Gasteiger charge is -2.26. The summed E-state index contributed by atoms with van der Waals surface area (Å²) in [5, 5.41) is 2.53. The van der Waals surface area contributed by atoms with Crippen molar-refractivity contribution in [3.8, 4) is 11.5 Å². The highest BCUT2D eigenvalue weighted by Crippen LogP contribution is 2.32. The molecule has 0 aromatic heterocycles. The fourth-order valence-electron chi connectivity index (χ4n) is 2.92. The van der Waals surface area contributed by atoms with Crippen LogP contribution in [0.25, 0.3) is 0 Å². The number of carbonyl (C=O) groups excluding carboxylic acids is 1. The lowest BCUT2D eigenvalue weighted by molar-refractivity contribution is -0.137. The second kappa shape index (κ2) is 9.67. The predicted octanol–water partition coefficient (Wildman–Crippen LogP) is 2.89. The van der Waals surface area contributed by atoms with Crippen molar-refractivity contribution in [3.63, 3.8) is 0 Å². The Kier molecular flexibility index (Phi) is 7.19. The second-order valence-electron chi connectivity index (χ2n) is 6.74. The Labute approximate surface area is 177 Å². The summed E-state index contributed by atoms with van der Waals surface area (Å²) in [4.78, 5) is 12.4. The fourth-order valence-corrected chi connectivity index (χ4v) is 4.25. The van der Waals surface area contributed by atoms with Gasteiger partial charge in [0.2, 0.25) is 10.0 Å². The fraction of sp³-hybridized carbons (Fsp3) is 0.350. The average molecular weight is 458 g/mol. The molecule has 0 spiro atoms. The highest BCUT2D eigenvalue weighted by Gasteiger charge is 2.30. The molecule has 0 atom stereocenters. The molecule has 0 bridgehead atoms. The van der Waals surface area contributed by atoms with E-state index in [0.717, 1.165) is 12.1 Å². The summed E-state index contributed by atoms with van der Waals surface area (Å²) in [6, 6.07) is 10.3. The molecule has 7 nitrogen and oxygen atoms in total. The summed E-state index contributed by atoms with van der Waals surface area (Å²) in [6.45, 7) is 1.15. The molecule has 0 unspecified atom stereocenters. The van der Waals surface area contributed by atoms with E-state index in [1.807, 2.05) is 0 Å². The molecule has 1 fully saturated rings. The van der Waals surface area contributed by atoms with E-state index in [2.05, 4.69) is 5.32 Å². The molecule has 1 amide bonds. The third kappa shape index (κ3) is 6.42. The van der Waals surface area contributed by atoms with Crippen molar-refractivity contribution in [2.45, 2.75) is 6.18 Å². The molecule has 2 aromatic carbocycles. The Hall–Kier alpha value is -2.63. The number of carbonyl (C=O) groups is 1. The molecule has 1 N–H and O–H groups in total. The molecule has 3 rings (SSSR count). The van der Waals surface area contributed by atoms with Gasteiger partial charge < -0.3 is 14.8 Å². The van der Waals surface area contributed by atoms with Crippen molar-refractivity contribution >= 4 is 15.9 Å².